The van der Waals surface area contributed by atoms with Crippen LogP contribution < -0.4 is 21.7 Å². The molecule has 0 unspecified atom stereocenters. The van der Waals surface area contributed by atoms with Crippen LogP contribution in [0, 0.1) is 0 Å². The minimum absolute atomic E-state index is 0.453. The van der Waals surface area contributed by atoms with Crippen molar-refractivity contribution in [2.45, 2.75) is 0 Å². The van der Waals surface area contributed by atoms with Gasteiger partial charge in [-0.05, 0) is 6.07 Å². The van der Waals surface area contributed by atoms with Crippen molar-refractivity contribution in [1.82, 2.24) is 15.3 Å². The summed E-state index contributed by atoms with van der Waals surface area (Å²) >= 11 is 0. The van der Waals surface area contributed by atoms with Crippen LogP contribution in [0.2, 0.25) is 0 Å². The number of primary amides is 1. The molecule has 1 aromatic heterocycles. The molecule has 0 saturated heterocycles. The third kappa shape index (κ3) is 4.12. The van der Waals surface area contributed by atoms with E-state index >= 15 is 0 Å². The molecule has 7 nitrogen and oxygen atoms in total. The molecule has 1 heterocycles. The summed E-state index contributed by atoms with van der Waals surface area (Å²) in [7, 11) is 1.74. The monoisotopic (exact) mass is 210 g/mol. The molecular weight excluding hydrogens is 196 g/mol. The van der Waals surface area contributed by atoms with Crippen LogP contribution in [0.3, 0.4) is 0 Å². The number of carbonyl (C=O) groups is 1. The predicted octanol–water partition coefficient (Wildman–Crippen LogP) is -0.401. The van der Waals surface area contributed by atoms with Crippen LogP contribution >= 0.6 is 0 Å². The van der Waals surface area contributed by atoms with Gasteiger partial charge >= 0.3 is 6.03 Å². The topological polar surface area (TPSA) is 105 Å². The summed E-state index contributed by atoms with van der Waals surface area (Å²) in [6.45, 7) is 1.01. The van der Waals surface area contributed by atoms with Gasteiger partial charge in [-0.25, -0.2) is 9.78 Å². The van der Waals surface area contributed by atoms with Crippen molar-refractivity contribution in [2.75, 3.05) is 30.8 Å². The van der Waals surface area contributed by atoms with E-state index in [1.54, 1.807) is 19.3 Å². The summed E-state index contributed by atoms with van der Waals surface area (Å²) in [4.78, 5) is 18.5. The molecular formula is C8H14N6O. The Morgan fingerprint density at radius 1 is 1.53 bits per heavy atom. The molecule has 0 saturated carbocycles. The van der Waals surface area contributed by atoms with E-state index in [1.807, 2.05) is 0 Å². The van der Waals surface area contributed by atoms with Gasteiger partial charge in [0.25, 0.3) is 0 Å². The minimum atomic E-state index is -0.532. The number of rotatable bonds is 5. The molecule has 1 aromatic rings. The van der Waals surface area contributed by atoms with E-state index in [9.17, 15) is 4.79 Å². The van der Waals surface area contributed by atoms with Gasteiger partial charge < -0.3 is 21.7 Å². The maximum absolute atomic E-state index is 10.4. The van der Waals surface area contributed by atoms with Crippen molar-refractivity contribution in [3.63, 3.8) is 0 Å². The second kappa shape index (κ2) is 5.63. The molecule has 15 heavy (non-hydrogen) atoms. The van der Waals surface area contributed by atoms with Crippen LogP contribution in [-0.2, 0) is 0 Å². The summed E-state index contributed by atoms with van der Waals surface area (Å²) in [5, 5.41) is 8.30. The van der Waals surface area contributed by atoms with Crippen LogP contribution in [0.5, 0.6) is 0 Å². The number of amides is 2. The fourth-order valence-electron chi connectivity index (χ4n) is 0.954. The molecule has 0 aliphatic heterocycles. The van der Waals surface area contributed by atoms with Crippen LogP contribution in [0.4, 0.5) is 16.6 Å². The van der Waals surface area contributed by atoms with Crippen molar-refractivity contribution in [2.24, 2.45) is 5.73 Å². The lowest BCUT2D eigenvalue weighted by molar-refractivity contribution is 0.249. The Hall–Kier alpha value is -2.05. The molecule has 0 atom stereocenters. The van der Waals surface area contributed by atoms with Gasteiger partial charge in [0.2, 0.25) is 5.95 Å². The molecule has 82 valence electrons. The molecule has 7 heteroatoms. The second-order valence-corrected chi connectivity index (χ2v) is 2.73. The van der Waals surface area contributed by atoms with E-state index in [0.717, 1.165) is 0 Å². The summed E-state index contributed by atoms with van der Waals surface area (Å²) in [6.07, 6.45) is 1.64. The maximum Gasteiger partial charge on any atom is 0.312 e. The number of anilines is 2. The zero-order valence-electron chi connectivity index (χ0n) is 8.45. The van der Waals surface area contributed by atoms with Crippen molar-refractivity contribution >= 4 is 17.8 Å². The molecule has 0 aliphatic rings. The quantitative estimate of drug-likeness (QED) is 0.495. The van der Waals surface area contributed by atoms with Crippen LogP contribution in [-0.4, -0.2) is 36.1 Å². The van der Waals surface area contributed by atoms with Crippen LogP contribution in [0.25, 0.3) is 0 Å². The van der Waals surface area contributed by atoms with E-state index in [-0.39, 0.29) is 0 Å². The predicted molar refractivity (Wildman–Crippen MR) is 57.7 cm³/mol. The van der Waals surface area contributed by atoms with Gasteiger partial charge in [0, 0.05) is 26.3 Å². The van der Waals surface area contributed by atoms with Gasteiger partial charge in [0.05, 0.1) is 0 Å². The number of nitrogens with two attached hydrogens (primary N) is 1. The lowest BCUT2D eigenvalue weighted by Crippen LogP contribution is -2.33. The highest BCUT2D eigenvalue weighted by Gasteiger charge is 1.96. The third-order valence-electron chi connectivity index (χ3n) is 1.61. The lowest BCUT2D eigenvalue weighted by Gasteiger charge is -2.06. The molecule has 0 aromatic carbocycles. The second-order valence-electron chi connectivity index (χ2n) is 2.73. The number of aromatic nitrogens is 2. The highest BCUT2D eigenvalue weighted by atomic mass is 16.2. The highest BCUT2D eigenvalue weighted by molar-refractivity contribution is 5.71. The highest BCUT2D eigenvalue weighted by Crippen LogP contribution is 2.03. The Morgan fingerprint density at radius 3 is 3.00 bits per heavy atom. The number of nitrogens with zero attached hydrogens (tertiary/aromatic N) is 2. The van der Waals surface area contributed by atoms with E-state index in [2.05, 4.69) is 25.9 Å². The number of nitrogens with one attached hydrogen (secondary N) is 3. The first kappa shape index (κ1) is 11.0. The van der Waals surface area contributed by atoms with Gasteiger partial charge in [-0.2, -0.15) is 4.98 Å². The van der Waals surface area contributed by atoms with Gasteiger partial charge in [0.15, 0.2) is 0 Å². The van der Waals surface area contributed by atoms with Gasteiger partial charge in [-0.1, -0.05) is 0 Å². The van der Waals surface area contributed by atoms with Crippen molar-refractivity contribution in [1.29, 1.82) is 0 Å². The largest absolute Gasteiger partial charge is 0.368 e. The molecule has 0 fully saturated rings. The smallest absolute Gasteiger partial charge is 0.312 e. The van der Waals surface area contributed by atoms with E-state index < -0.39 is 6.03 Å². The van der Waals surface area contributed by atoms with E-state index in [0.29, 0.717) is 24.9 Å². The fourth-order valence-corrected chi connectivity index (χ4v) is 0.954. The normalized spacial score (nSPS) is 9.40. The first-order valence-electron chi connectivity index (χ1n) is 4.50. The summed E-state index contributed by atoms with van der Waals surface area (Å²) in [5.74, 6) is 1.24. The molecule has 0 bridgehead atoms. The zero-order valence-corrected chi connectivity index (χ0v) is 8.45. The molecule has 0 aliphatic carbocycles. The first-order chi connectivity index (χ1) is 7.22. The summed E-state index contributed by atoms with van der Waals surface area (Å²) < 4.78 is 0. The Kier molecular flexibility index (Phi) is 4.14. The van der Waals surface area contributed by atoms with Gasteiger partial charge in [0.1, 0.15) is 5.82 Å². The number of carbonyl (C=O) groups excluding carboxylic acids is 1. The molecule has 2 amide bonds. The van der Waals surface area contributed by atoms with Crippen molar-refractivity contribution in [3.8, 4) is 0 Å². The number of hydrogen-bond acceptors (Lipinski definition) is 5. The maximum atomic E-state index is 10.4. The number of hydrogen-bond donors (Lipinski definition) is 4. The van der Waals surface area contributed by atoms with Crippen molar-refractivity contribution < 1.29 is 4.79 Å². The van der Waals surface area contributed by atoms with Crippen LogP contribution in [0.15, 0.2) is 12.3 Å². The summed E-state index contributed by atoms with van der Waals surface area (Å²) in [6, 6.07) is 1.21. The minimum Gasteiger partial charge on any atom is -0.368 e. The lowest BCUT2D eigenvalue weighted by atomic mass is 10.5. The van der Waals surface area contributed by atoms with Gasteiger partial charge in [-0.3, -0.25) is 0 Å². The molecule has 0 radical (unpaired) electrons. The Labute approximate surface area is 87.5 Å². The van der Waals surface area contributed by atoms with Crippen molar-refractivity contribution in [3.05, 3.63) is 12.3 Å². The standard InChI is InChI=1S/C8H14N6O/c1-10-8-13-3-2-6(14-8)11-4-5-12-7(9)15/h2-3H,4-5H2,1H3,(H3,9,12,15)(H2,10,11,13,14). The van der Waals surface area contributed by atoms with E-state index in [1.165, 1.54) is 0 Å². The fraction of sp³-hybridized carbons (Fsp3) is 0.375. The Bertz CT molecular complexity index is 329. The third-order valence-corrected chi connectivity index (χ3v) is 1.61. The van der Waals surface area contributed by atoms with Crippen LogP contribution in [0.1, 0.15) is 0 Å². The summed E-state index contributed by atoms with van der Waals surface area (Å²) in [5.41, 5.74) is 4.90. The average molecular weight is 210 g/mol. The SMILES string of the molecule is CNc1nccc(NCCNC(N)=O)n1. The van der Waals surface area contributed by atoms with E-state index in [4.69, 9.17) is 5.73 Å². The molecule has 1 rings (SSSR count). The Morgan fingerprint density at radius 2 is 2.33 bits per heavy atom. The molecule has 5 N–H and O–H groups in total. The zero-order chi connectivity index (χ0) is 11.1. The first-order valence-corrected chi connectivity index (χ1v) is 4.50. The van der Waals surface area contributed by atoms with Gasteiger partial charge in [-0.15, -0.1) is 0 Å². The molecule has 0 spiro atoms. The Balaban J connectivity index is 2.33. The number of urea groups is 1. The average Bonchev–Trinajstić information content (AvgIpc) is 2.24.